The number of hydrogen-bond donors (Lipinski definition) is 1. The SMILES string of the molecule is O=[N+]([O-])CC[C@H](O)CCl. The topological polar surface area (TPSA) is 63.4 Å². The van der Waals surface area contributed by atoms with E-state index in [9.17, 15) is 10.1 Å². The minimum Gasteiger partial charge on any atom is -0.392 e. The van der Waals surface area contributed by atoms with Crippen LogP contribution in [0.1, 0.15) is 6.42 Å². The molecule has 9 heavy (non-hydrogen) atoms. The second-order valence-corrected chi connectivity index (χ2v) is 1.96. The fraction of sp³-hybridized carbons (Fsp3) is 1.00. The number of hydrogen-bond acceptors (Lipinski definition) is 3. The van der Waals surface area contributed by atoms with Crippen molar-refractivity contribution in [2.75, 3.05) is 12.4 Å². The third-order valence-corrected chi connectivity index (χ3v) is 1.18. The van der Waals surface area contributed by atoms with Crippen LogP contribution >= 0.6 is 11.6 Å². The Balaban J connectivity index is 3.16. The van der Waals surface area contributed by atoms with Crippen LogP contribution in [0.3, 0.4) is 0 Å². The van der Waals surface area contributed by atoms with Crippen LogP contribution in [0.2, 0.25) is 0 Å². The molecule has 4 nitrogen and oxygen atoms in total. The van der Waals surface area contributed by atoms with Crippen LogP contribution < -0.4 is 0 Å². The van der Waals surface area contributed by atoms with E-state index in [1.807, 2.05) is 0 Å². The zero-order valence-corrected chi connectivity index (χ0v) is 5.54. The predicted octanol–water partition coefficient (Wildman–Crippen LogP) is 0.253. The summed E-state index contributed by atoms with van der Waals surface area (Å²) in [6, 6.07) is 0. The highest BCUT2D eigenvalue weighted by Crippen LogP contribution is 1.93. The molecule has 0 aromatic carbocycles. The molecule has 0 rings (SSSR count). The molecule has 0 fully saturated rings. The van der Waals surface area contributed by atoms with E-state index in [0.717, 1.165) is 0 Å². The molecule has 0 aliphatic carbocycles. The first kappa shape index (κ1) is 8.65. The number of nitro groups is 1. The molecule has 0 heterocycles. The third-order valence-electron chi connectivity index (χ3n) is 0.823. The Bertz CT molecular complexity index is 97.8. The maximum atomic E-state index is 9.67. The smallest absolute Gasteiger partial charge is 0.206 e. The molecular formula is C4H8ClNO3. The highest BCUT2D eigenvalue weighted by Gasteiger charge is 2.05. The number of aliphatic hydroxyl groups is 1. The fourth-order valence-electron chi connectivity index (χ4n) is 0.332. The van der Waals surface area contributed by atoms with E-state index < -0.39 is 11.0 Å². The van der Waals surface area contributed by atoms with E-state index in [1.54, 1.807) is 0 Å². The highest BCUT2D eigenvalue weighted by atomic mass is 35.5. The Morgan fingerprint density at radius 3 is 2.67 bits per heavy atom. The summed E-state index contributed by atoms with van der Waals surface area (Å²) in [4.78, 5) is 9.19. The Morgan fingerprint density at radius 2 is 2.33 bits per heavy atom. The largest absolute Gasteiger partial charge is 0.392 e. The number of rotatable bonds is 4. The van der Waals surface area contributed by atoms with Crippen molar-refractivity contribution in [2.24, 2.45) is 0 Å². The zero-order chi connectivity index (χ0) is 7.28. The van der Waals surface area contributed by atoms with Crippen molar-refractivity contribution in [1.29, 1.82) is 0 Å². The van der Waals surface area contributed by atoms with Gasteiger partial charge in [-0.3, -0.25) is 10.1 Å². The minimum atomic E-state index is -0.739. The molecule has 0 aromatic heterocycles. The third kappa shape index (κ3) is 5.52. The molecule has 0 saturated heterocycles. The van der Waals surface area contributed by atoms with Crippen molar-refractivity contribution in [1.82, 2.24) is 0 Å². The van der Waals surface area contributed by atoms with E-state index in [1.165, 1.54) is 0 Å². The van der Waals surface area contributed by atoms with E-state index >= 15 is 0 Å². The molecule has 0 spiro atoms. The lowest BCUT2D eigenvalue weighted by molar-refractivity contribution is -0.481. The summed E-state index contributed by atoms with van der Waals surface area (Å²) in [6.45, 7) is -0.214. The summed E-state index contributed by atoms with van der Waals surface area (Å²) in [7, 11) is 0. The van der Waals surface area contributed by atoms with Gasteiger partial charge in [0.05, 0.1) is 6.10 Å². The van der Waals surface area contributed by atoms with E-state index in [0.29, 0.717) is 0 Å². The fourth-order valence-corrected chi connectivity index (χ4v) is 0.486. The Morgan fingerprint density at radius 1 is 1.78 bits per heavy atom. The van der Waals surface area contributed by atoms with Gasteiger partial charge in [-0.05, 0) is 0 Å². The molecule has 0 aromatic rings. The van der Waals surface area contributed by atoms with Crippen LogP contribution in [0.15, 0.2) is 0 Å². The highest BCUT2D eigenvalue weighted by molar-refractivity contribution is 6.18. The van der Waals surface area contributed by atoms with Gasteiger partial charge in [0.1, 0.15) is 0 Å². The van der Waals surface area contributed by atoms with Crippen molar-refractivity contribution in [3.8, 4) is 0 Å². The molecule has 0 radical (unpaired) electrons. The monoisotopic (exact) mass is 153 g/mol. The molecule has 54 valence electrons. The van der Waals surface area contributed by atoms with Gasteiger partial charge in [0, 0.05) is 17.2 Å². The zero-order valence-electron chi connectivity index (χ0n) is 4.79. The van der Waals surface area contributed by atoms with E-state index in [-0.39, 0.29) is 18.8 Å². The average Bonchev–Trinajstić information content (AvgIpc) is 1.83. The van der Waals surface area contributed by atoms with Crippen molar-refractivity contribution >= 4 is 11.6 Å². The van der Waals surface area contributed by atoms with Gasteiger partial charge in [0.2, 0.25) is 6.54 Å². The lowest BCUT2D eigenvalue weighted by atomic mass is 10.3. The number of alkyl halides is 1. The van der Waals surface area contributed by atoms with Crippen molar-refractivity contribution < 1.29 is 10.0 Å². The van der Waals surface area contributed by atoms with Gasteiger partial charge >= 0.3 is 0 Å². The normalized spacial score (nSPS) is 13.1. The maximum absolute atomic E-state index is 9.67. The van der Waals surface area contributed by atoms with Gasteiger partial charge < -0.3 is 5.11 Å². The number of nitrogens with zero attached hydrogens (tertiary/aromatic N) is 1. The van der Waals surface area contributed by atoms with Gasteiger partial charge in [-0.15, -0.1) is 11.6 Å². The summed E-state index contributed by atoms with van der Waals surface area (Å²) in [6.07, 6.45) is -0.603. The van der Waals surface area contributed by atoms with Crippen LogP contribution in [0.4, 0.5) is 0 Å². The molecule has 0 saturated carbocycles. The molecule has 1 N–H and O–H groups in total. The second kappa shape index (κ2) is 4.52. The van der Waals surface area contributed by atoms with Gasteiger partial charge in [-0.25, -0.2) is 0 Å². The summed E-state index contributed by atoms with van der Waals surface area (Å²) in [5.74, 6) is 0.0633. The maximum Gasteiger partial charge on any atom is 0.206 e. The van der Waals surface area contributed by atoms with E-state index in [4.69, 9.17) is 16.7 Å². The summed E-state index contributed by atoms with van der Waals surface area (Å²) in [5.41, 5.74) is 0. The lowest BCUT2D eigenvalue weighted by Crippen LogP contribution is -2.14. The van der Waals surface area contributed by atoms with Crippen LogP contribution in [-0.4, -0.2) is 28.6 Å². The number of aliphatic hydroxyl groups excluding tert-OH is 1. The Labute approximate surface area is 57.6 Å². The summed E-state index contributed by atoms with van der Waals surface area (Å²) >= 11 is 5.16. The molecule has 5 heteroatoms. The molecule has 0 unspecified atom stereocenters. The van der Waals surface area contributed by atoms with Crippen molar-refractivity contribution in [3.63, 3.8) is 0 Å². The molecule has 0 bridgehead atoms. The van der Waals surface area contributed by atoms with Crippen molar-refractivity contribution in [3.05, 3.63) is 10.1 Å². The van der Waals surface area contributed by atoms with Crippen LogP contribution in [0, 0.1) is 10.1 Å². The van der Waals surface area contributed by atoms with Crippen LogP contribution in [-0.2, 0) is 0 Å². The lowest BCUT2D eigenvalue weighted by Gasteiger charge is -1.99. The molecule has 1 atom stereocenters. The van der Waals surface area contributed by atoms with E-state index in [2.05, 4.69) is 0 Å². The summed E-state index contributed by atoms with van der Waals surface area (Å²) in [5, 5.41) is 18.3. The number of halogens is 1. The molecule has 0 aliphatic rings. The Hall–Kier alpha value is -0.350. The van der Waals surface area contributed by atoms with Crippen LogP contribution in [0.5, 0.6) is 0 Å². The van der Waals surface area contributed by atoms with Gasteiger partial charge in [0.15, 0.2) is 0 Å². The predicted molar refractivity (Wildman–Crippen MR) is 33.2 cm³/mol. The molecule has 0 aliphatic heterocycles. The van der Waals surface area contributed by atoms with Gasteiger partial charge in [-0.1, -0.05) is 0 Å². The minimum absolute atomic E-state index is 0.0633. The first-order valence-corrected chi connectivity index (χ1v) is 3.06. The Kier molecular flexibility index (Phi) is 4.35. The standard InChI is InChI=1S/C4H8ClNO3/c5-3-4(7)1-2-6(8)9/h4,7H,1-3H2/t4-/m0/s1. The first-order chi connectivity index (χ1) is 4.16. The van der Waals surface area contributed by atoms with Crippen molar-refractivity contribution in [2.45, 2.75) is 12.5 Å². The average molecular weight is 154 g/mol. The first-order valence-electron chi connectivity index (χ1n) is 2.52. The second-order valence-electron chi connectivity index (χ2n) is 1.65. The molecule has 0 amide bonds. The van der Waals surface area contributed by atoms with Crippen LogP contribution in [0.25, 0.3) is 0 Å². The van der Waals surface area contributed by atoms with Gasteiger partial charge in [0.25, 0.3) is 0 Å². The summed E-state index contributed by atoms with van der Waals surface area (Å²) < 4.78 is 0. The quantitative estimate of drug-likeness (QED) is 0.358. The molecular weight excluding hydrogens is 146 g/mol. The van der Waals surface area contributed by atoms with Gasteiger partial charge in [-0.2, -0.15) is 0 Å².